The van der Waals surface area contributed by atoms with E-state index in [1.165, 1.54) is 31.0 Å². The van der Waals surface area contributed by atoms with Gasteiger partial charge in [-0.05, 0) is 155 Å². The number of amides is 4. The molecule has 16 atom stereocenters. The molecule has 3 aromatic heterocycles. The molecule has 8 heterocycles. The number of piperidine rings is 2. The van der Waals surface area contributed by atoms with Gasteiger partial charge in [0, 0.05) is 103 Å². The van der Waals surface area contributed by atoms with E-state index in [1.54, 1.807) is 46.9 Å². The summed E-state index contributed by atoms with van der Waals surface area (Å²) in [6, 6.07) is 9.72. The maximum absolute atomic E-state index is 14.8. The van der Waals surface area contributed by atoms with Crippen molar-refractivity contribution in [3.05, 3.63) is 107 Å². The summed E-state index contributed by atoms with van der Waals surface area (Å²) in [5, 5.41) is 44.4. The van der Waals surface area contributed by atoms with Gasteiger partial charge in [-0.25, -0.2) is 24.2 Å². The number of hydrogen-bond acceptors (Lipinski definition) is 31. The number of benzene rings is 2. The summed E-state index contributed by atoms with van der Waals surface area (Å²) in [5.74, 6) is -8.06. The Hall–Kier alpha value is -9.09. The number of nitrogens with two attached hydrogens (primary N) is 4. The number of fused-ring (bicyclic) bond motifs is 6. The number of esters is 1. The number of methoxy groups -OCH3 is 3. The van der Waals surface area contributed by atoms with Gasteiger partial charge in [-0.15, -0.1) is 0 Å². The summed E-state index contributed by atoms with van der Waals surface area (Å²) in [5.41, 5.74) is 32.4. The normalized spacial score (nSPS) is 28.3. The molecule has 1 saturated carbocycles. The van der Waals surface area contributed by atoms with Gasteiger partial charge in [-0.1, -0.05) is 82.4 Å². The molecule has 3 saturated heterocycles. The van der Waals surface area contributed by atoms with Gasteiger partial charge in [0.15, 0.2) is 17.0 Å². The zero-order chi connectivity index (χ0) is 93.2. The van der Waals surface area contributed by atoms with Crippen LogP contribution in [-0.2, 0) is 105 Å². The number of cyclic esters (lactones) is 1. The van der Waals surface area contributed by atoms with E-state index in [0.717, 1.165) is 33.6 Å². The summed E-state index contributed by atoms with van der Waals surface area (Å²) in [4.78, 5) is 116. The Kier molecular flexibility index (Phi) is 38.3. The van der Waals surface area contributed by atoms with Crippen molar-refractivity contribution in [1.82, 2.24) is 44.7 Å². The Morgan fingerprint density at radius 1 is 0.715 bits per heavy atom. The highest BCUT2D eigenvalue weighted by atomic mass is 16.6. The highest BCUT2D eigenvalue weighted by Gasteiger charge is 2.54. The minimum atomic E-state index is -2.50. The van der Waals surface area contributed by atoms with Crippen LogP contribution in [0.15, 0.2) is 94.7 Å². The number of nitrogen functional groups attached to an aromatic ring is 2. The molecule has 2 bridgehead atoms. The maximum atomic E-state index is 14.8. The number of aromatic nitrogens is 5. The lowest BCUT2D eigenvalue weighted by Crippen LogP contribution is -2.61. The number of ether oxygens (including phenoxy) is 12. The molecule has 5 aromatic rings. The Balaban J connectivity index is 0.543. The fraction of sp³-hybridized carbons (Fsp3) is 0.649. The van der Waals surface area contributed by atoms with Crippen molar-refractivity contribution in [3.8, 4) is 11.3 Å². The van der Waals surface area contributed by atoms with Crippen LogP contribution in [-0.4, -0.2) is 302 Å². The minimum absolute atomic E-state index is 0.0143. The summed E-state index contributed by atoms with van der Waals surface area (Å²) in [6.45, 7) is 16.9. The number of carbonyl (C=O) groups is 7. The van der Waals surface area contributed by atoms with Crippen LogP contribution in [0.3, 0.4) is 0 Å². The number of hydrogen-bond donors (Lipinski definition) is 8. The highest BCUT2D eigenvalue weighted by molar-refractivity contribution is 6.39. The molecule has 0 radical (unpaired) electrons. The fourth-order valence-corrected chi connectivity index (χ4v) is 18.1. The number of aliphatic hydroxyl groups is 3. The lowest BCUT2D eigenvalue weighted by molar-refractivity contribution is -0.265. The van der Waals surface area contributed by atoms with Gasteiger partial charge in [0.05, 0.1) is 128 Å². The Morgan fingerprint density at radius 3 is 2.11 bits per heavy atom. The molecule has 0 spiro atoms. The van der Waals surface area contributed by atoms with E-state index in [9.17, 15) is 48.9 Å². The SMILES string of the molecule is CO[C@H]1C[C@@H]2CC[C@@H](C)[C@@](O)(O2)C(=O)C(=O)N2CCCC[C@H]2C(=O)O[C@H]([C@H](N)C[C@@H]2CC[C@@H](OC(=O)N3CCC(N)(C(=O)NCCOCCOCCOCCOCCOCCOCCC(=O)N4CCc5cc(Cn6nc(-c7ccc8oc(N)nc8c7)c7c(N)ncnc76)ccc5C4)CC3)[C@H](OC)C2)C[C@@H](O)[C@H](C)/C=C(\C)[C@@H](O)[C@@H](OC)C(=O)[C@H](C)C[C@H](C)/C=C/C=C/C=C/1C. The van der Waals surface area contributed by atoms with E-state index >= 15 is 0 Å². The predicted octanol–water partition coefficient (Wildman–Crippen LogP) is 6.95. The standard InChI is InChI=1S/C94H137N13O23/c1-58-15-11-10-12-16-59(2)76(118-7)53-69-23-18-63(6)94(117,130-69)85(112)88(113)106-31-14-13-17-72(106)89(114)127-77(54-73(108)60(3)48-62(5)83(111)84(120-9)82(110)61(4)47-58)70(95)50-64-20-24-75(78(51-64)119-8)129-92(116)104-33-28-93(98,29-34-104)90(115)99-30-36-122-38-40-124-42-44-126-46-45-125-43-41-123-39-37-121-35-27-79(109)105-32-26-66-49-65(19-21-68(66)56-105)55-107-87-80(86(96)100-57-101-87)81(103-107)67-22-25-74-71(52-67)102-91(97)128-74/h10-12,15-16,19,21-22,25,48-49,52,57-58,60-61,63-64,69-70,72-73,75-78,83-84,108,111,117H,13-14,17-18,20,23-24,26-47,50-51,53-56,95,98H2,1-9H3,(H2,97,102)(H,99,115)(H2,96,100,101)/b12-10+,15-11+,59-16+,62-48+/t58-,60-,61-,63-,64+,69+,70-,72+,73-,75-,76+,77+,78-,83-,84+,94-/m1/s1. The zero-order valence-corrected chi connectivity index (χ0v) is 76.8. The molecule has 2 aromatic carbocycles. The van der Waals surface area contributed by atoms with Crippen LogP contribution in [0.2, 0.25) is 0 Å². The first kappa shape index (κ1) is 101. The molecular formula is C94H137N13O23. The second-order valence-corrected chi connectivity index (χ2v) is 35.5. The first-order valence-corrected chi connectivity index (χ1v) is 45.9. The predicted molar refractivity (Wildman–Crippen MR) is 481 cm³/mol. The Bertz CT molecular complexity index is 4700. The molecule has 11 rings (SSSR count). The number of carbonyl (C=O) groups excluding carboxylic acids is 7. The fourth-order valence-electron chi connectivity index (χ4n) is 18.1. The van der Waals surface area contributed by atoms with Crippen LogP contribution in [0.4, 0.5) is 16.6 Å². The van der Waals surface area contributed by atoms with Gasteiger partial charge in [0.25, 0.3) is 17.7 Å². The van der Waals surface area contributed by atoms with Gasteiger partial charge in [-0.3, -0.25) is 24.0 Å². The quantitative estimate of drug-likeness (QED) is 0.00933. The lowest BCUT2D eigenvalue weighted by atomic mass is 9.80. The van der Waals surface area contributed by atoms with Gasteiger partial charge < -0.3 is 120 Å². The Labute approximate surface area is 760 Å². The van der Waals surface area contributed by atoms with E-state index in [0.29, 0.717) is 176 Å². The minimum Gasteiger partial charge on any atom is -0.459 e. The number of nitrogens with one attached hydrogen (secondary N) is 1. The topological polar surface area (TPSA) is 486 Å². The highest BCUT2D eigenvalue weighted by Crippen LogP contribution is 2.40. The van der Waals surface area contributed by atoms with Crippen LogP contribution in [0.25, 0.3) is 33.4 Å². The molecule has 716 valence electrons. The van der Waals surface area contributed by atoms with Gasteiger partial charge in [-0.2, -0.15) is 10.1 Å². The van der Waals surface area contributed by atoms with Crippen LogP contribution in [0, 0.1) is 29.6 Å². The second-order valence-electron chi connectivity index (χ2n) is 35.5. The number of ketones is 2. The lowest BCUT2D eigenvalue weighted by Gasteiger charge is -2.43. The van der Waals surface area contributed by atoms with Crippen molar-refractivity contribution in [2.24, 2.45) is 41.1 Å². The zero-order valence-electron chi connectivity index (χ0n) is 76.8. The van der Waals surface area contributed by atoms with Crippen molar-refractivity contribution in [1.29, 1.82) is 0 Å². The van der Waals surface area contributed by atoms with Gasteiger partial charge in [0.2, 0.25) is 17.6 Å². The van der Waals surface area contributed by atoms with E-state index in [2.05, 4.69) is 32.4 Å². The number of nitrogens with zero attached hydrogens (tertiary/aromatic N) is 8. The first-order chi connectivity index (χ1) is 62.5. The Morgan fingerprint density at radius 2 is 1.42 bits per heavy atom. The molecule has 12 N–H and O–H groups in total. The van der Waals surface area contributed by atoms with E-state index in [4.69, 9.17) is 89.3 Å². The number of allylic oxidation sites excluding steroid dienone is 5. The van der Waals surface area contributed by atoms with Gasteiger partial charge >= 0.3 is 12.1 Å². The van der Waals surface area contributed by atoms with Crippen molar-refractivity contribution in [2.75, 3.05) is 145 Å². The van der Waals surface area contributed by atoms with Crippen LogP contribution < -0.4 is 28.3 Å². The summed E-state index contributed by atoms with van der Waals surface area (Å²) < 4.78 is 77.4. The number of likely N-dealkylation sites (tertiary alicyclic amines) is 1. The van der Waals surface area contributed by atoms with Crippen LogP contribution >= 0.6 is 0 Å². The molecule has 6 aliphatic rings. The third-order valence-corrected chi connectivity index (χ3v) is 26.1. The number of rotatable bonds is 32. The van der Waals surface area contributed by atoms with Crippen molar-refractivity contribution < 1.29 is 110 Å². The molecule has 4 fully saturated rings. The largest absolute Gasteiger partial charge is 0.459 e. The number of oxazole rings is 1. The average molecular weight is 1820 g/mol. The second kappa shape index (κ2) is 49.1. The summed E-state index contributed by atoms with van der Waals surface area (Å²) in [7, 11) is 4.46. The van der Waals surface area contributed by atoms with E-state index in [-0.39, 0.29) is 120 Å². The number of Topliss-reactive ketones (excluding diaryl/α,β-unsaturated/α-hetero) is 2. The average Bonchev–Trinajstić information content (AvgIpc) is 1.52. The molecule has 36 nitrogen and oxygen atoms in total. The van der Waals surface area contributed by atoms with E-state index in [1.807, 2.05) is 72.0 Å². The van der Waals surface area contributed by atoms with Crippen molar-refractivity contribution >= 4 is 75.3 Å². The summed E-state index contributed by atoms with van der Waals surface area (Å²) >= 11 is 0. The first-order valence-electron chi connectivity index (χ1n) is 45.9. The van der Waals surface area contributed by atoms with Gasteiger partial charge in [0.1, 0.15) is 53.8 Å². The van der Waals surface area contributed by atoms with Crippen LogP contribution in [0.1, 0.15) is 155 Å². The molecule has 1 aliphatic carbocycles. The smallest absolute Gasteiger partial charge is 0.410 e. The van der Waals surface area contributed by atoms with E-state index < -0.39 is 114 Å². The molecule has 130 heavy (non-hydrogen) atoms. The monoisotopic (exact) mass is 1820 g/mol. The number of aliphatic hydroxyl groups excluding tert-OH is 2. The van der Waals surface area contributed by atoms with Crippen LogP contribution in [0.5, 0.6) is 0 Å². The third-order valence-electron chi connectivity index (χ3n) is 26.1. The molecule has 5 aliphatic heterocycles. The third kappa shape index (κ3) is 27.3. The molecule has 4 amide bonds. The maximum Gasteiger partial charge on any atom is 0.410 e. The molecule has 36 heteroatoms. The van der Waals surface area contributed by atoms with Crippen molar-refractivity contribution in [2.45, 2.75) is 230 Å². The molecular weight excluding hydrogens is 1680 g/mol. The molecule has 0 unspecified atom stereocenters. The number of anilines is 2. The summed E-state index contributed by atoms with van der Waals surface area (Å²) in [6.07, 6.45) is 10.1. The van der Waals surface area contributed by atoms with Crippen molar-refractivity contribution in [3.63, 3.8) is 0 Å².